The molecule has 19 heavy (non-hydrogen) atoms. The van der Waals surface area contributed by atoms with Gasteiger partial charge in [0.2, 0.25) is 0 Å². The molecule has 1 heterocycles. The van der Waals surface area contributed by atoms with E-state index >= 15 is 0 Å². The molecule has 1 aromatic rings. The molecule has 1 saturated heterocycles. The van der Waals surface area contributed by atoms with Crippen LogP contribution in [0.4, 0.5) is 0 Å². The number of hydrogen-bond acceptors (Lipinski definition) is 4. The van der Waals surface area contributed by atoms with Gasteiger partial charge in [0.25, 0.3) is 5.79 Å². The SMILES string of the molecule is Cc1ccc(C=C2C(=O)OC(C)(C)OC2=O)c(Br)c1. The van der Waals surface area contributed by atoms with Crippen LogP contribution in [0, 0.1) is 6.92 Å². The topological polar surface area (TPSA) is 52.6 Å². The second-order valence-electron chi connectivity index (χ2n) is 4.76. The molecule has 0 saturated carbocycles. The summed E-state index contributed by atoms with van der Waals surface area (Å²) >= 11 is 3.39. The van der Waals surface area contributed by atoms with Gasteiger partial charge in [-0.3, -0.25) is 0 Å². The zero-order chi connectivity index (χ0) is 14.2. The Balaban J connectivity index is 2.38. The highest BCUT2D eigenvalue weighted by atomic mass is 79.9. The summed E-state index contributed by atoms with van der Waals surface area (Å²) < 4.78 is 10.9. The summed E-state index contributed by atoms with van der Waals surface area (Å²) in [7, 11) is 0. The number of carbonyl (C=O) groups excluding carboxylic acids is 2. The van der Waals surface area contributed by atoms with Crippen molar-refractivity contribution in [1.29, 1.82) is 0 Å². The first kappa shape index (κ1) is 13.8. The molecule has 0 amide bonds. The summed E-state index contributed by atoms with van der Waals surface area (Å²) in [5.74, 6) is -2.56. The highest BCUT2D eigenvalue weighted by molar-refractivity contribution is 9.10. The molecule has 4 nitrogen and oxygen atoms in total. The standard InChI is InChI=1S/C14H13BrO4/c1-8-4-5-9(11(15)6-8)7-10-12(16)18-14(2,3)19-13(10)17/h4-7H,1-3H3. The zero-order valence-electron chi connectivity index (χ0n) is 10.8. The van der Waals surface area contributed by atoms with Crippen molar-refractivity contribution >= 4 is 33.9 Å². The molecular formula is C14H13BrO4. The lowest BCUT2D eigenvalue weighted by molar-refractivity contribution is -0.222. The minimum atomic E-state index is -1.21. The van der Waals surface area contributed by atoms with Crippen LogP contribution < -0.4 is 0 Å². The average molecular weight is 325 g/mol. The number of hydrogen-bond donors (Lipinski definition) is 0. The van der Waals surface area contributed by atoms with E-state index in [1.165, 1.54) is 19.9 Å². The van der Waals surface area contributed by atoms with E-state index in [1.807, 2.05) is 25.1 Å². The lowest BCUT2D eigenvalue weighted by Crippen LogP contribution is -2.41. The number of cyclic esters (lactones) is 2. The lowest BCUT2D eigenvalue weighted by atomic mass is 10.1. The summed E-state index contributed by atoms with van der Waals surface area (Å²) in [6.45, 7) is 4.98. The first-order valence-electron chi connectivity index (χ1n) is 5.73. The molecule has 1 aliphatic rings. The van der Waals surface area contributed by atoms with Gasteiger partial charge >= 0.3 is 11.9 Å². The maximum Gasteiger partial charge on any atom is 0.348 e. The minimum absolute atomic E-state index is 0.108. The number of halogens is 1. The molecule has 0 N–H and O–H groups in total. The Kier molecular flexibility index (Phi) is 3.49. The molecule has 0 bridgehead atoms. The van der Waals surface area contributed by atoms with E-state index in [4.69, 9.17) is 9.47 Å². The van der Waals surface area contributed by atoms with Crippen molar-refractivity contribution in [2.45, 2.75) is 26.6 Å². The molecule has 1 aromatic carbocycles. The van der Waals surface area contributed by atoms with Crippen molar-refractivity contribution in [1.82, 2.24) is 0 Å². The molecule has 0 atom stereocenters. The van der Waals surface area contributed by atoms with Crippen LogP contribution in [0.3, 0.4) is 0 Å². The second kappa shape index (κ2) is 4.81. The highest BCUT2D eigenvalue weighted by Crippen LogP contribution is 2.26. The van der Waals surface area contributed by atoms with E-state index in [1.54, 1.807) is 0 Å². The van der Waals surface area contributed by atoms with Crippen LogP contribution >= 0.6 is 15.9 Å². The average Bonchev–Trinajstić information content (AvgIpc) is 2.24. The van der Waals surface area contributed by atoms with Crippen molar-refractivity contribution in [3.8, 4) is 0 Å². The predicted octanol–water partition coefficient (Wildman–Crippen LogP) is 2.98. The number of benzene rings is 1. The van der Waals surface area contributed by atoms with Gasteiger partial charge in [-0.15, -0.1) is 0 Å². The Hall–Kier alpha value is -1.62. The fraction of sp³-hybridized carbons (Fsp3) is 0.286. The number of aryl methyl sites for hydroxylation is 1. The highest BCUT2D eigenvalue weighted by Gasteiger charge is 2.38. The summed E-state index contributed by atoms with van der Waals surface area (Å²) in [4.78, 5) is 23.6. The van der Waals surface area contributed by atoms with E-state index in [0.29, 0.717) is 5.56 Å². The van der Waals surface area contributed by atoms with Gasteiger partial charge in [0.1, 0.15) is 5.57 Å². The molecule has 5 heteroatoms. The summed E-state index contributed by atoms with van der Waals surface area (Å²) in [6.07, 6.45) is 1.46. The van der Waals surface area contributed by atoms with E-state index < -0.39 is 17.7 Å². The Morgan fingerprint density at radius 1 is 1.16 bits per heavy atom. The molecule has 100 valence electrons. The number of carbonyl (C=O) groups is 2. The van der Waals surface area contributed by atoms with Gasteiger partial charge in [0.05, 0.1) is 0 Å². The van der Waals surface area contributed by atoms with Gasteiger partial charge in [-0.05, 0) is 30.2 Å². The minimum Gasteiger partial charge on any atom is -0.419 e. The van der Waals surface area contributed by atoms with Crippen LogP contribution in [0.2, 0.25) is 0 Å². The molecule has 1 fully saturated rings. The lowest BCUT2D eigenvalue weighted by Gasteiger charge is -2.29. The molecule has 0 aromatic heterocycles. The Labute approximate surface area is 119 Å². The van der Waals surface area contributed by atoms with Gasteiger partial charge in [-0.25, -0.2) is 9.59 Å². The molecule has 0 unspecified atom stereocenters. The fourth-order valence-electron chi connectivity index (χ4n) is 1.68. The third-order valence-corrected chi connectivity index (χ3v) is 3.26. The smallest absolute Gasteiger partial charge is 0.348 e. The first-order chi connectivity index (χ1) is 8.78. The zero-order valence-corrected chi connectivity index (χ0v) is 12.4. The van der Waals surface area contributed by atoms with Crippen LogP contribution in [0.1, 0.15) is 25.0 Å². The van der Waals surface area contributed by atoms with Crippen molar-refractivity contribution in [2.75, 3.05) is 0 Å². The van der Waals surface area contributed by atoms with Crippen LogP contribution in [-0.2, 0) is 19.1 Å². The molecule has 0 aliphatic carbocycles. The summed E-state index contributed by atoms with van der Waals surface area (Å²) in [5.41, 5.74) is 1.68. The Morgan fingerprint density at radius 2 is 1.74 bits per heavy atom. The monoisotopic (exact) mass is 324 g/mol. The third-order valence-electron chi connectivity index (χ3n) is 2.57. The number of rotatable bonds is 1. The molecule has 1 aliphatic heterocycles. The van der Waals surface area contributed by atoms with Crippen molar-refractivity contribution in [3.05, 3.63) is 39.4 Å². The maximum absolute atomic E-state index is 11.8. The predicted molar refractivity (Wildman–Crippen MR) is 73.1 cm³/mol. The van der Waals surface area contributed by atoms with Crippen LogP contribution in [-0.4, -0.2) is 17.7 Å². The van der Waals surface area contributed by atoms with Crippen molar-refractivity contribution in [2.24, 2.45) is 0 Å². The van der Waals surface area contributed by atoms with Gasteiger partial charge in [0, 0.05) is 18.3 Å². The van der Waals surface area contributed by atoms with E-state index in [2.05, 4.69) is 15.9 Å². The normalized spacial score (nSPS) is 17.8. The first-order valence-corrected chi connectivity index (χ1v) is 6.52. The molecule has 2 rings (SSSR count). The van der Waals surface area contributed by atoms with Crippen LogP contribution in [0.5, 0.6) is 0 Å². The summed E-state index contributed by atoms with van der Waals surface area (Å²) in [5, 5.41) is 0. The summed E-state index contributed by atoms with van der Waals surface area (Å²) in [6, 6.07) is 5.60. The fourth-order valence-corrected chi connectivity index (χ4v) is 2.29. The van der Waals surface area contributed by atoms with E-state index in [9.17, 15) is 9.59 Å². The third kappa shape index (κ3) is 3.04. The van der Waals surface area contributed by atoms with Gasteiger partial charge in [-0.2, -0.15) is 0 Å². The van der Waals surface area contributed by atoms with Crippen molar-refractivity contribution in [3.63, 3.8) is 0 Å². The quantitative estimate of drug-likeness (QED) is 0.452. The van der Waals surface area contributed by atoms with Crippen LogP contribution in [0.25, 0.3) is 6.08 Å². The Bertz CT molecular complexity index is 565. The molecular weight excluding hydrogens is 312 g/mol. The van der Waals surface area contributed by atoms with Gasteiger partial charge < -0.3 is 9.47 Å². The van der Waals surface area contributed by atoms with E-state index in [-0.39, 0.29) is 5.57 Å². The second-order valence-corrected chi connectivity index (χ2v) is 5.62. The largest absolute Gasteiger partial charge is 0.419 e. The van der Waals surface area contributed by atoms with E-state index in [0.717, 1.165) is 10.0 Å². The Morgan fingerprint density at radius 3 is 2.26 bits per heavy atom. The molecule has 0 radical (unpaired) electrons. The van der Waals surface area contributed by atoms with Crippen LogP contribution in [0.15, 0.2) is 28.2 Å². The van der Waals surface area contributed by atoms with Gasteiger partial charge in [0.15, 0.2) is 0 Å². The number of esters is 2. The maximum atomic E-state index is 11.8. The van der Waals surface area contributed by atoms with Crippen molar-refractivity contribution < 1.29 is 19.1 Å². The van der Waals surface area contributed by atoms with Gasteiger partial charge in [-0.1, -0.05) is 28.1 Å². The molecule has 0 spiro atoms. The number of ether oxygens (including phenoxy) is 2.